The van der Waals surface area contributed by atoms with Gasteiger partial charge in [0, 0.05) is 5.92 Å². The van der Waals surface area contributed by atoms with Crippen molar-refractivity contribution in [2.45, 2.75) is 58.3 Å². The molecule has 0 amide bonds. The maximum atomic E-state index is 10.5. The zero-order valence-corrected chi connectivity index (χ0v) is 21.0. The molecule has 1 aliphatic carbocycles. The third-order valence-corrected chi connectivity index (χ3v) is 7.96. The highest BCUT2D eigenvalue weighted by molar-refractivity contribution is 5.84. The summed E-state index contributed by atoms with van der Waals surface area (Å²) in [5, 5.41) is 20.9. The van der Waals surface area contributed by atoms with Crippen molar-refractivity contribution in [3.8, 4) is 33.8 Å². The van der Waals surface area contributed by atoms with Gasteiger partial charge in [0.1, 0.15) is 11.5 Å². The molecule has 3 unspecified atom stereocenters. The predicted octanol–water partition coefficient (Wildman–Crippen LogP) is 8.95. The van der Waals surface area contributed by atoms with Gasteiger partial charge in [-0.3, -0.25) is 0 Å². The van der Waals surface area contributed by atoms with Crippen molar-refractivity contribution in [1.29, 1.82) is 0 Å². The van der Waals surface area contributed by atoms with Gasteiger partial charge in [-0.2, -0.15) is 0 Å². The minimum Gasteiger partial charge on any atom is -0.508 e. The normalized spacial score (nSPS) is 15.9. The fourth-order valence-corrected chi connectivity index (χ4v) is 5.46. The van der Waals surface area contributed by atoms with Gasteiger partial charge in [0.15, 0.2) is 0 Å². The maximum Gasteiger partial charge on any atom is 0.119 e. The van der Waals surface area contributed by atoms with Gasteiger partial charge in [0.2, 0.25) is 0 Å². The van der Waals surface area contributed by atoms with E-state index < -0.39 is 0 Å². The number of aromatic hydroxyl groups is 2. The van der Waals surface area contributed by atoms with Crippen molar-refractivity contribution in [3.05, 3.63) is 107 Å². The van der Waals surface area contributed by atoms with Crippen molar-refractivity contribution < 1.29 is 10.2 Å². The fraction of sp³-hybridized carbons (Fsp3) is 0.273. The average Bonchev–Trinajstić information content (AvgIpc) is 3.22. The van der Waals surface area contributed by atoms with Gasteiger partial charge >= 0.3 is 0 Å². The topological polar surface area (TPSA) is 40.5 Å². The van der Waals surface area contributed by atoms with E-state index in [1.54, 1.807) is 0 Å². The smallest absolute Gasteiger partial charge is 0.119 e. The van der Waals surface area contributed by atoms with Gasteiger partial charge < -0.3 is 10.2 Å². The summed E-state index contributed by atoms with van der Waals surface area (Å²) in [6.45, 7) is 8.65. The second kappa shape index (κ2) is 9.26. The van der Waals surface area contributed by atoms with Crippen LogP contribution in [0.25, 0.3) is 22.3 Å². The summed E-state index contributed by atoms with van der Waals surface area (Å²) in [6, 6.07) is 27.6. The van der Waals surface area contributed by atoms with E-state index in [2.05, 4.69) is 88.4 Å². The number of benzene rings is 4. The van der Waals surface area contributed by atoms with Gasteiger partial charge in [-0.25, -0.2) is 0 Å². The molecule has 4 aromatic rings. The van der Waals surface area contributed by atoms with Gasteiger partial charge in [-0.15, -0.1) is 0 Å². The average molecular weight is 463 g/mol. The van der Waals surface area contributed by atoms with Gasteiger partial charge in [-0.1, -0.05) is 82.3 Å². The van der Waals surface area contributed by atoms with Crippen LogP contribution in [0.5, 0.6) is 11.5 Å². The van der Waals surface area contributed by atoms with Gasteiger partial charge in [-0.05, 0) is 99.0 Å². The molecule has 5 rings (SSSR count). The second-order valence-electron chi connectivity index (χ2n) is 10.0. The van der Waals surface area contributed by atoms with E-state index in [1.807, 2.05) is 18.2 Å². The Morgan fingerprint density at radius 2 is 1.20 bits per heavy atom. The zero-order chi connectivity index (χ0) is 24.7. The van der Waals surface area contributed by atoms with E-state index >= 15 is 0 Å². The maximum absolute atomic E-state index is 10.5. The Balaban J connectivity index is 1.63. The minimum absolute atomic E-state index is 0.147. The number of fused-ring (bicyclic) bond motifs is 3. The lowest BCUT2D eigenvalue weighted by molar-refractivity contribution is 0.461. The van der Waals surface area contributed by atoms with Gasteiger partial charge in [0.25, 0.3) is 0 Å². The molecule has 0 saturated heterocycles. The van der Waals surface area contributed by atoms with E-state index in [1.165, 1.54) is 27.8 Å². The van der Waals surface area contributed by atoms with Crippen LogP contribution in [0.3, 0.4) is 0 Å². The third kappa shape index (κ3) is 4.01. The fourth-order valence-electron chi connectivity index (χ4n) is 5.46. The largest absolute Gasteiger partial charge is 0.508 e. The molecule has 0 fully saturated rings. The van der Waals surface area contributed by atoms with Crippen molar-refractivity contribution in [2.24, 2.45) is 0 Å². The summed E-state index contributed by atoms with van der Waals surface area (Å²) in [6.07, 6.45) is 1.98. The Bertz CT molecular complexity index is 1380. The van der Waals surface area contributed by atoms with Crippen molar-refractivity contribution in [1.82, 2.24) is 0 Å². The lowest BCUT2D eigenvalue weighted by Gasteiger charge is -2.19. The van der Waals surface area contributed by atoms with E-state index in [4.69, 9.17) is 0 Å². The molecule has 0 aliphatic heterocycles. The van der Waals surface area contributed by atoms with Crippen LogP contribution in [0.1, 0.15) is 86.1 Å². The van der Waals surface area contributed by atoms with E-state index in [-0.39, 0.29) is 5.92 Å². The Hall–Kier alpha value is -3.52. The van der Waals surface area contributed by atoms with E-state index in [0.29, 0.717) is 23.3 Å². The molecule has 0 heterocycles. The summed E-state index contributed by atoms with van der Waals surface area (Å²) in [5.41, 5.74) is 10.7. The standard InChI is InChI=1S/C33H34O2/c1-5-20(3)28-17-23(12-15-31(28)34)22-11-14-27-30(18-22)25-9-7-8-10-26(25)33(27)24-13-16-32(35)29(19-24)21(4)6-2/h7-21,33-35H,5-6H2,1-4H3. The number of phenols is 2. The molecule has 2 heteroatoms. The van der Waals surface area contributed by atoms with Crippen LogP contribution >= 0.6 is 0 Å². The Morgan fingerprint density at radius 1 is 0.629 bits per heavy atom. The Kier molecular flexibility index (Phi) is 6.15. The number of hydrogen-bond acceptors (Lipinski definition) is 2. The monoisotopic (exact) mass is 462 g/mol. The van der Waals surface area contributed by atoms with Gasteiger partial charge in [0.05, 0.1) is 0 Å². The molecule has 35 heavy (non-hydrogen) atoms. The van der Waals surface area contributed by atoms with Crippen LogP contribution in [0.2, 0.25) is 0 Å². The van der Waals surface area contributed by atoms with Crippen LogP contribution < -0.4 is 0 Å². The lowest BCUT2D eigenvalue weighted by Crippen LogP contribution is -2.02. The molecule has 0 spiro atoms. The highest BCUT2D eigenvalue weighted by Gasteiger charge is 2.30. The first kappa shape index (κ1) is 23.2. The van der Waals surface area contributed by atoms with Crippen LogP contribution in [0.15, 0.2) is 78.9 Å². The molecule has 2 nitrogen and oxygen atoms in total. The first-order chi connectivity index (χ1) is 16.9. The molecule has 2 N–H and O–H groups in total. The molecule has 0 radical (unpaired) electrons. The zero-order valence-electron chi connectivity index (χ0n) is 21.0. The third-order valence-electron chi connectivity index (χ3n) is 7.96. The number of phenolic OH excluding ortho intramolecular Hbond substituents is 2. The van der Waals surface area contributed by atoms with E-state index in [0.717, 1.165) is 35.1 Å². The SMILES string of the molecule is CCC(C)c1cc(-c2ccc3c(c2)-c2ccccc2C3c2ccc(O)c(C(C)CC)c2)ccc1O. The van der Waals surface area contributed by atoms with Crippen LogP contribution in [-0.2, 0) is 0 Å². The van der Waals surface area contributed by atoms with Crippen LogP contribution in [-0.4, -0.2) is 10.2 Å². The molecule has 0 bridgehead atoms. The Labute approximate surface area is 208 Å². The summed E-state index contributed by atoms with van der Waals surface area (Å²) >= 11 is 0. The summed E-state index contributed by atoms with van der Waals surface area (Å²) < 4.78 is 0. The van der Waals surface area contributed by atoms with Crippen LogP contribution in [0.4, 0.5) is 0 Å². The lowest BCUT2D eigenvalue weighted by atomic mass is 9.85. The quantitative estimate of drug-likeness (QED) is 0.264. The molecule has 0 saturated carbocycles. The molecule has 178 valence electrons. The summed E-state index contributed by atoms with van der Waals surface area (Å²) in [4.78, 5) is 0. The summed E-state index contributed by atoms with van der Waals surface area (Å²) in [5.74, 6) is 1.52. The Morgan fingerprint density at radius 3 is 1.91 bits per heavy atom. The number of hydrogen-bond donors (Lipinski definition) is 2. The second-order valence-corrected chi connectivity index (χ2v) is 10.0. The molecular formula is C33H34O2. The minimum atomic E-state index is 0.147. The molecule has 3 atom stereocenters. The van der Waals surface area contributed by atoms with Crippen molar-refractivity contribution in [2.75, 3.05) is 0 Å². The van der Waals surface area contributed by atoms with Crippen LogP contribution in [0, 0.1) is 0 Å². The number of rotatable bonds is 6. The van der Waals surface area contributed by atoms with Crippen molar-refractivity contribution in [3.63, 3.8) is 0 Å². The first-order valence-electron chi connectivity index (χ1n) is 12.8. The summed E-state index contributed by atoms with van der Waals surface area (Å²) in [7, 11) is 0. The van der Waals surface area contributed by atoms with E-state index in [9.17, 15) is 10.2 Å². The molecule has 4 aromatic carbocycles. The molecular weight excluding hydrogens is 428 g/mol. The highest BCUT2D eigenvalue weighted by Crippen LogP contribution is 2.50. The first-order valence-corrected chi connectivity index (χ1v) is 12.8. The predicted molar refractivity (Wildman–Crippen MR) is 145 cm³/mol. The molecule has 0 aromatic heterocycles. The molecule has 1 aliphatic rings. The van der Waals surface area contributed by atoms with Crippen molar-refractivity contribution >= 4 is 0 Å². The highest BCUT2D eigenvalue weighted by atomic mass is 16.3.